The van der Waals surface area contributed by atoms with E-state index in [1.807, 2.05) is 6.07 Å². The number of nitrogens with one attached hydrogen (secondary N) is 1. The highest BCUT2D eigenvalue weighted by Gasteiger charge is 2.20. The molecule has 0 amide bonds. The first kappa shape index (κ1) is 17.4. The number of aliphatic hydroxyl groups is 1. The van der Waals surface area contributed by atoms with E-state index in [1.54, 1.807) is 6.33 Å². The zero-order valence-corrected chi connectivity index (χ0v) is 14.7. The van der Waals surface area contributed by atoms with E-state index in [1.165, 1.54) is 38.8 Å². The molecule has 24 heavy (non-hydrogen) atoms. The topological polar surface area (TPSA) is 64.5 Å². The van der Waals surface area contributed by atoms with Gasteiger partial charge in [0.2, 0.25) is 0 Å². The molecule has 2 fully saturated rings. The summed E-state index contributed by atoms with van der Waals surface area (Å²) in [6.45, 7) is 6.63. The maximum atomic E-state index is 9.39. The lowest BCUT2D eigenvalue weighted by atomic mass is 9.99. The number of rotatable bonds is 6. The van der Waals surface area contributed by atoms with Gasteiger partial charge in [0.25, 0.3) is 0 Å². The van der Waals surface area contributed by atoms with E-state index >= 15 is 0 Å². The summed E-state index contributed by atoms with van der Waals surface area (Å²) in [7, 11) is 0. The largest absolute Gasteiger partial charge is 0.396 e. The standard InChI is InChI=1S/C18H31N5O/c24-14-16-6-5-10-23(13-16)18-12-17(20-15-21-18)19-7-11-22-8-3-1-2-4-9-22/h12,15-16,24H,1-11,13-14H2,(H,19,20,21). The molecule has 0 saturated carbocycles. The van der Waals surface area contributed by atoms with Gasteiger partial charge in [-0.15, -0.1) is 0 Å². The second-order valence-corrected chi connectivity index (χ2v) is 7.08. The molecule has 3 heterocycles. The monoisotopic (exact) mass is 333 g/mol. The number of hydrogen-bond donors (Lipinski definition) is 2. The number of hydrogen-bond acceptors (Lipinski definition) is 6. The van der Waals surface area contributed by atoms with Crippen molar-refractivity contribution in [1.29, 1.82) is 0 Å². The van der Waals surface area contributed by atoms with Gasteiger partial charge in [0.05, 0.1) is 0 Å². The van der Waals surface area contributed by atoms with Gasteiger partial charge >= 0.3 is 0 Å². The third-order valence-electron chi connectivity index (χ3n) is 5.19. The van der Waals surface area contributed by atoms with Crippen molar-refractivity contribution in [3.63, 3.8) is 0 Å². The Balaban J connectivity index is 1.49. The summed E-state index contributed by atoms with van der Waals surface area (Å²) in [5.41, 5.74) is 0. The molecular formula is C18H31N5O. The minimum atomic E-state index is 0.266. The van der Waals surface area contributed by atoms with Gasteiger partial charge in [0.1, 0.15) is 18.0 Å². The number of piperidine rings is 1. The SMILES string of the molecule is OCC1CCCN(c2cc(NCCN3CCCCCC3)ncn2)C1. The summed E-state index contributed by atoms with van der Waals surface area (Å²) < 4.78 is 0. The summed E-state index contributed by atoms with van der Waals surface area (Å²) in [6.07, 6.45) is 9.29. The van der Waals surface area contributed by atoms with Crippen LogP contribution in [-0.2, 0) is 0 Å². The van der Waals surface area contributed by atoms with Crippen LogP contribution in [0, 0.1) is 5.92 Å². The molecule has 0 aliphatic carbocycles. The zero-order valence-electron chi connectivity index (χ0n) is 14.7. The normalized spacial score (nSPS) is 23.0. The average Bonchev–Trinajstić information content (AvgIpc) is 2.91. The molecule has 0 radical (unpaired) electrons. The van der Waals surface area contributed by atoms with Crippen LogP contribution in [0.15, 0.2) is 12.4 Å². The highest BCUT2D eigenvalue weighted by atomic mass is 16.3. The van der Waals surface area contributed by atoms with E-state index in [0.29, 0.717) is 5.92 Å². The van der Waals surface area contributed by atoms with Crippen LogP contribution in [0.3, 0.4) is 0 Å². The van der Waals surface area contributed by atoms with Gasteiger partial charge in [0, 0.05) is 38.9 Å². The van der Waals surface area contributed by atoms with Crippen LogP contribution >= 0.6 is 0 Å². The molecule has 0 spiro atoms. The van der Waals surface area contributed by atoms with Crippen molar-refractivity contribution in [2.24, 2.45) is 5.92 Å². The Bertz CT molecular complexity index is 490. The molecule has 134 valence electrons. The number of likely N-dealkylation sites (tertiary alicyclic amines) is 1. The molecule has 0 bridgehead atoms. The third kappa shape index (κ3) is 5.05. The second kappa shape index (κ2) is 9.18. The molecule has 2 saturated heterocycles. The van der Waals surface area contributed by atoms with Gasteiger partial charge in [-0.25, -0.2) is 9.97 Å². The molecule has 2 aliphatic rings. The first-order valence-electron chi connectivity index (χ1n) is 9.49. The van der Waals surface area contributed by atoms with Gasteiger partial charge in [0.15, 0.2) is 0 Å². The molecule has 0 aromatic carbocycles. The van der Waals surface area contributed by atoms with Crippen LogP contribution in [0.4, 0.5) is 11.6 Å². The first-order chi connectivity index (χ1) is 11.8. The van der Waals surface area contributed by atoms with Crippen molar-refractivity contribution in [2.45, 2.75) is 38.5 Å². The number of aliphatic hydroxyl groups excluding tert-OH is 1. The summed E-state index contributed by atoms with van der Waals surface area (Å²) in [5, 5.41) is 12.8. The van der Waals surface area contributed by atoms with E-state index in [-0.39, 0.29) is 6.61 Å². The highest BCUT2D eigenvalue weighted by Crippen LogP contribution is 2.22. The van der Waals surface area contributed by atoms with Gasteiger partial charge in [-0.3, -0.25) is 0 Å². The molecule has 1 unspecified atom stereocenters. The Kier molecular flexibility index (Phi) is 6.66. The van der Waals surface area contributed by atoms with Gasteiger partial charge in [-0.1, -0.05) is 12.8 Å². The van der Waals surface area contributed by atoms with Crippen LogP contribution in [0.25, 0.3) is 0 Å². The lowest BCUT2D eigenvalue weighted by Gasteiger charge is -2.32. The van der Waals surface area contributed by atoms with E-state index in [0.717, 1.165) is 50.7 Å². The third-order valence-corrected chi connectivity index (χ3v) is 5.19. The van der Waals surface area contributed by atoms with Gasteiger partial charge in [-0.2, -0.15) is 0 Å². The predicted molar refractivity (Wildman–Crippen MR) is 97.5 cm³/mol. The summed E-state index contributed by atoms with van der Waals surface area (Å²) in [4.78, 5) is 13.6. The summed E-state index contributed by atoms with van der Waals surface area (Å²) in [5.74, 6) is 2.24. The smallest absolute Gasteiger partial charge is 0.134 e. The van der Waals surface area contributed by atoms with Crippen LogP contribution in [0.2, 0.25) is 0 Å². The second-order valence-electron chi connectivity index (χ2n) is 7.08. The predicted octanol–water partition coefficient (Wildman–Crippen LogP) is 1.97. The van der Waals surface area contributed by atoms with Crippen molar-refractivity contribution < 1.29 is 5.11 Å². The van der Waals surface area contributed by atoms with E-state index in [2.05, 4.69) is 25.1 Å². The summed E-state index contributed by atoms with van der Waals surface area (Å²) in [6, 6.07) is 2.04. The van der Waals surface area contributed by atoms with E-state index in [4.69, 9.17) is 0 Å². The molecular weight excluding hydrogens is 302 g/mol. The zero-order chi connectivity index (χ0) is 16.6. The maximum absolute atomic E-state index is 9.39. The number of aromatic nitrogens is 2. The van der Waals surface area contributed by atoms with Crippen LogP contribution < -0.4 is 10.2 Å². The minimum Gasteiger partial charge on any atom is -0.396 e. The van der Waals surface area contributed by atoms with Crippen molar-refractivity contribution in [3.05, 3.63) is 12.4 Å². The highest BCUT2D eigenvalue weighted by molar-refractivity contribution is 5.48. The Hall–Kier alpha value is -1.40. The lowest BCUT2D eigenvalue weighted by Crippen LogP contribution is -2.37. The van der Waals surface area contributed by atoms with Crippen molar-refractivity contribution in [3.8, 4) is 0 Å². The molecule has 1 aromatic heterocycles. The molecule has 2 aliphatic heterocycles. The Morgan fingerprint density at radius 1 is 1.08 bits per heavy atom. The fraction of sp³-hybridized carbons (Fsp3) is 0.778. The van der Waals surface area contributed by atoms with Crippen molar-refractivity contribution in [1.82, 2.24) is 14.9 Å². The first-order valence-corrected chi connectivity index (χ1v) is 9.49. The van der Waals surface area contributed by atoms with Gasteiger partial charge in [-0.05, 0) is 44.7 Å². The average molecular weight is 333 g/mol. The molecule has 2 N–H and O–H groups in total. The quantitative estimate of drug-likeness (QED) is 0.830. The summed E-state index contributed by atoms with van der Waals surface area (Å²) >= 11 is 0. The fourth-order valence-electron chi connectivity index (χ4n) is 3.74. The van der Waals surface area contributed by atoms with Crippen LogP contribution in [0.1, 0.15) is 38.5 Å². The van der Waals surface area contributed by atoms with E-state index in [9.17, 15) is 5.11 Å². The minimum absolute atomic E-state index is 0.266. The molecule has 6 heteroatoms. The molecule has 6 nitrogen and oxygen atoms in total. The van der Waals surface area contributed by atoms with Gasteiger partial charge < -0.3 is 20.2 Å². The molecule has 1 aromatic rings. The van der Waals surface area contributed by atoms with E-state index < -0.39 is 0 Å². The van der Waals surface area contributed by atoms with Crippen molar-refractivity contribution in [2.75, 3.05) is 56.1 Å². The Labute approximate surface area is 145 Å². The maximum Gasteiger partial charge on any atom is 0.134 e. The number of nitrogens with zero attached hydrogens (tertiary/aromatic N) is 4. The molecule has 3 rings (SSSR count). The fourth-order valence-corrected chi connectivity index (χ4v) is 3.74. The molecule has 1 atom stereocenters. The van der Waals surface area contributed by atoms with Crippen LogP contribution in [-0.4, -0.2) is 65.8 Å². The van der Waals surface area contributed by atoms with Crippen LogP contribution in [0.5, 0.6) is 0 Å². The lowest BCUT2D eigenvalue weighted by molar-refractivity contribution is 0.208. The number of anilines is 2. The Morgan fingerprint density at radius 2 is 1.92 bits per heavy atom. The Morgan fingerprint density at radius 3 is 2.71 bits per heavy atom. The van der Waals surface area contributed by atoms with Crippen molar-refractivity contribution >= 4 is 11.6 Å².